The van der Waals surface area contributed by atoms with Gasteiger partial charge in [-0.05, 0) is 25.5 Å². The van der Waals surface area contributed by atoms with Crippen LogP contribution in [-0.4, -0.2) is 48.4 Å². The second-order valence-electron chi connectivity index (χ2n) is 6.34. The molecule has 0 aliphatic carbocycles. The van der Waals surface area contributed by atoms with Gasteiger partial charge in [0.05, 0.1) is 20.8 Å². The van der Waals surface area contributed by atoms with Gasteiger partial charge < -0.3 is 19.3 Å². The number of ether oxygens (including phenoxy) is 2. The number of rotatable bonds is 7. The molecule has 7 nitrogen and oxygen atoms in total. The van der Waals surface area contributed by atoms with Crippen LogP contribution in [-0.2, 0) is 13.1 Å². The quantitative estimate of drug-likeness (QED) is 0.823. The van der Waals surface area contributed by atoms with Crippen LogP contribution in [0.5, 0.6) is 11.5 Å². The molecule has 2 aromatic rings. The zero-order valence-corrected chi connectivity index (χ0v) is 15.1. The zero-order valence-electron chi connectivity index (χ0n) is 15.1. The first-order valence-corrected chi connectivity index (χ1v) is 8.64. The van der Waals surface area contributed by atoms with Gasteiger partial charge in [0.2, 0.25) is 5.89 Å². The van der Waals surface area contributed by atoms with E-state index in [-0.39, 0.29) is 0 Å². The molecule has 0 bridgehead atoms. The largest absolute Gasteiger partial charge is 0.493 e. The van der Waals surface area contributed by atoms with E-state index in [9.17, 15) is 0 Å². The highest BCUT2D eigenvalue weighted by atomic mass is 16.5. The summed E-state index contributed by atoms with van der Waals surface area (Å²) in [6, 6.07) is 6.40. The SMILES string of the molecule is COc1cccc(CNC2CCCN(Cc3noc(C)n3)C2)c1OC. The van der Waals surface area contributed by atoms with E-state index in [0.717, 1.165) is 61.9 Å². The third kappa shape index (κ3) is 4.49. The second-order valence-corrected chi connectivity index (χ2v) is 6.34. The standard InChI is InChI=1S/C18H26N4O3/c1-13-20-17(21-25-13)12-22-9-5-7-15(11-22)19-10-14-6-4-8-16(23-2)18(14)24-3/h4,6,8,15,19H,5,7,9-12H2,1-3H3. The molecule has 0 amide bonds. The zero-order chi connectivity index (χ0) is 17.6. The highest BCUT2D eigenvalue weighted by Gasteiger charge is 2.21. The number of aromatic nitrogens is 2. The average Bonchev–Trinajstić information content (AvgIpc) is 3.04. The lowest BCUT2D eigenvalue weighted by atomic mass is 10.0. The van der Waals surface area contributed by atoms with Crippen LogP contribution < -0.4 is 14.8 Å². The van der Waals surface area contributed by atoms with E-state index in [2.05, 4.69) is 26.4 Å². The third-order valence-corrected chi connectivity index (χ3v) is 4.51. The highest BCUT2D eigenvalue weighted by molar-refractivity contribution is 5.46. The van der Waals surface area contributed by atoms with Crippen LogP contribution in [0, 0.1) is 6.92 Å². The number of nitrogens with zero attached hydrogens (tertiary/aromatic N) is 3. The first-order valence-electron chi connectivity index (χ1n) is 8.64. The van der Waals surface area contributed by atoms with Crippen molar-refractivity contribution in [1.82, 2.24) is 20.4 Å². The molecule has 1 fully saturated rings. The molecule has 0 radical (unpaired) electrons. The summed E-state index contributed by atoms with van der Waals surface area (Å²) < 4.78 is 15.9. The number of para-hydroxylation sites is 1. The minimum absolute atomic E-state index is 0.428. The minimum Gasteiger partial charge on any atom is -0.493 e. The maximum Gasteiger partial charge on any atom is 0.223 e. The van der Waals surface area contributed by atoms with Crippen LogP contribution in [0.15, 0.2) is 22.7 Å². The van der Waals surface area contributed by atoms with E-state index < -0.39 is 0 Å². The van der Waals surface area contributed by atoms with Gasteiger partial charge in [0.1, 0.15) is 0 Å². The summed E-state index contributed by atoms with van der Waals surface area (Å²) >= 11 is 0. The molecule has 7 heteroatoms. The van der Waals surface area contributed by atoms with Crippen LogP contribution in [0.3, 0.4) is 0 Å². The summed E-state index contributed by atoms with van der Waals surface area (Å²) in [4.78, 5) is 6.66. The van der Waals surface area contributed by atoms with Crippen LogP contribution in [0.25, 0.3) is 0 Å². The summed E-state index contributed by atoms with van der Waals surface area (Å²) in [7, 11) is 3.34. The number of nitrogens with one attached hydrogen (secondary N) is 1. The van der Waals surface area contributed by atoms with Crippen molar-refractivity contribution in [3.8, 4) is 11.5 Å². The first kappa shape index (κ1) is 17.7. The van der Waals surface area contributed by atoms with Crippen molar-refractivity contribution in [3.05, 3.63) is 35.5 Å². The Hall–Kier alpha value is -2.12. The lowest BCUT2D eigenvalue weighted by molar-refractivity contribution is 0.177. The van der Waals surface area contributed by atoms with Crippen molar-refractivity contribution in [2.24, 2.45) is 0 Å². The van der Waals surface area contributed by atoms with Crippen molar-refractivity contribution in [2.45, 2.75) is 38.9 Å². The lowest BCUT2D eigenvalue weighted by Gasteiger charge is -2.32. The number of aryl methyl sites for hydroxylation is 1. The Kier molecular flexibility index (Phi) is 5.88. The molecular formula is C18H26N4O3. The van der Waals surface area contributed by atoms with Gasteiger partial charge in [-0.15, -0.1) is 0 Å². The lowest BCUT2D eigenvalue weighted by Crippen LogP contribution is -2.45. The Labute approximate surface area is 148 Å². The van der Waals surface area contributed by atoms with Gasteiger partial charge in [-0.1, -0.05) is 17.3 Å². The van der Waals surface area contributed by atoms with Gasteiger partial charge in [-0.25, -0.2) is 0 Å². The number of hydrogen-bond acceptors (Lipinski definition) is 7. The second kappa shape index (κ2) is 8.31. The van der Waals surface area contributed by atoms with E-state index in [1.165, 1.54) is 0 Å². The number of piperidine rings is 1. The van der Waals surface area contributed by atoms with Crippen LogP contribution in [0.4, 0.5) is 0 Å². The van der Waals surface area contributed by atoms with E-state index in [4.69, 9.17) is 14.0 Å². The number of likely N-dealkylation sites (tertiary alicyclic amines) is 1. The summed E-state index contributed by atoms with van der Waals surface area (Å²) in [5.41, 5.74) is 1.10. The summed E-state index contributed by atoms with van der Waals surface area (Å²) in [6.45, 7) is 5.34. The van der Waals surface area contributed by atoms with E-state index in [1.54, 1.807) is 14.2 Å². The Balaban J connectivity index is 1.56. The maximum absolute atomic E-state index is 5.51. The van der Waals surface area contributed by atoms with Crippen molar-refractivity contribution >= 4 is 0 Å². The van der Waals surface area contributed by atoms with Crippen molar-refractivity contribution in [3.63, 3.8) is 0 Å². The third-order valence-electron chi connectivity index (χ3n) is 4.51. The van der Waals surface area contributed by atoms with E-state index >= 15 is 0 Å². The molecule has 0 spiro atoms. The number of methoxy groups -OCH3 is 2. The van der Waals surface area contributed by atoms with Crippen molar-refractivity contribution < 1.29 is 14.0 Å². The van der Waals surface area contributed by atoms with Gasteiger partial charge in [-0.3, -0.25) is 4.90 Å². The summed E-state index contributed by atoms with van der Waals surface area (Å²) in [6.07, 6.45) is 2.32. The highest BCUT2D eigenvalue weighted by Crippen LogP contribution is 2.30. The molecule has 1 aromatic carbocycles. The fourth-order valence-corrected chi connectivity index (χ4v) is 3.32. The van der Waals surface area contributed by atoms with Gasteiger partial charge in [-0.2, -0.15) is 4.98 Å². The molecule has 3 rings (SSSR count). The fraction of sp³-hybridized carbons (Fsp3) is 0.556. The first-order chi connectivity index (χ1) is 12.2. The van der Waals surface area contributed by atoms with E-state index in [1.807, 2.05) is 19.1 Å². The Morgan fingerprint density at radius 2 is 2.20 bits per heavy atom. The molecular weight excluding hydrogens is 320 g/mol. The smallest absolute Gasteiger partial charge is 0.223 e. The van der Waals surface area contributed by atoms with Crippen molar-refractivity contribution in [2.75, 3.05) is 27.3 Å². The van der Waals surface area contributed by atoms with Crippen LogP contribution in [0.2, 0.25) is 0 Å². The fourth-order valence-electron chi connectivity index (χ4n) is 3.32. The minimum atomic E-state index is 0.428. The van der Waals surface area contributed by atoms with Gasteiger partial charge >= 0.3 is 0 Å². The summed E-state index contributed by atoms with van der Waals surface area (Å²) in [5.74, 6) is 2.94. The van der Waals surface area contributed by atoms with Crippen LogP contribution in [0.1, 0.15) is 30.1 Å². The number of benzene rings is 1. The molecule has 0 saturated carbocycles. The Morgan fingerprint density at radius 3 is 2.92 bits per heavy atom. The molecule has 25 heavy (non-hydrogen) atoms. The van der Waals surface area contributed by atoms with Crippen molar-refractivity contribution in [1.29, 1.82) is 0 Å². The molecule has 1 aliphatic rings. The molecule has 1 aliphatic heterocycles. The maximum atomic E-state index is 5.51. The predicted octanol–water partition coefficient (Wildman–Crippen LogP) is 2.15. The topological polar surface area (TPSA) is 72.7 Å². The van der Waals surface area contributed by atoms with E-state index in [0.29, 0.717) is 11.9 Å². The molecule has 1 saturated heterocycles. The Bertz CT molecular complexity index is 689. The molecule has 136 valence electrons. The van der Waals surface area contributed by atoms with Crippen LogP contribution >= 0.6 is 0 Å². The normalized spacial score (nSPS) is 18.3. The molecule has 1 aromatic heterocycles. The number of hydrogen-bond donors (Lipinski definition) is 1. The molecule has 1 atom stereocenters. The molecule has 1 unspecified atom stereocenters. The van der Waals surface area contributed by atoms with Gasteiger partial charge in [0.25, 0.3) is 0 Å². The van der Waals surface area contributed by atoms with Gasteiger partial charge in [0.15, 0.2) is 17.3 Å². The Morgan fingerprint density at radius 1 is 1.32 bits per heavy atom. The molecule has 2 heterocycles. The predicted molar refractivity (Wildman–Crippen MR) is 93.7 cm³/mol. The summed E-state index contributed by atoms with van der Waals surface area (Å²) in [5, 5.41) is 7.64. The van der Waals surface area contributed by atoms with Gasteiger partial charge in [0, 0.05) is 31.6 Å². The average molecular weight is 346 g/mol. The molecule has 1 N–H and O–H groups in total. The monoisotopic (exact) mass is 346 g/mol.